The number of hydrogen-bond acceptors (Lipinski definition) is 4. The second-order valence-corrected chi connectivity index (χ2v) is 6.26. The zero-order chi connectivity index (χ0) is 13.0. The van der Waals surface area contributed by atoms with Gasteiger partial charge in [0.05, 0.1) is 6.04 Å². The normalized spacial score (nSPS) is 35.9. The molecule has 4 nitrogen and oxygen atoms in total. The molecular weight excluding hydrogens is 212 g/mol. The first-order valence-corrected chi connectivity index (χ1v) is 6.27. The van der Waals surface area contributed by atoms with Crippen molar-refractivity contribution in [2.24, 2.45) is 9.98 Å². The van der Waals surface area contributed by atoms with Crippen LogP contribution in [0.4, 0.5) is 0 Å². The average molecular weight is 236 g/mol. The number of likely N-dealkylation sites (N-methyl/N-ethyl adjacent to an activating group) is 1. The van der Waals surface area contributed by atoms with E-state index in [2.05, 4.69) is 61.9 Å². The van der Waals surface area contributed by atoms with Crippen molar-refractivity contribution in [2.75, 3.05) is 7.05 Å². The molecule has 2 unspecified atom stereocenters. The molecule has 96 valence electrons. The van der Waals surface area contributed by atoms with Crippen LogP contribution < -0.4 is 5.32 Å². The second kappa shape index (κ2) is 3.62. The van der Waals surface area contributed by atoms with Gasteiger partial charge in [-0.1, -0.05) is 0 Å². The minimum atomic E-state index is 0.0282. The Kier molecular flexibility index (Phi) is 2.71. The van der Waals surface area contributed by atoms with Crippen LogP contribution in [0.1, 0.15) is 41.5 Å². The molecule has 2 aliphatic rings. The number of nitrogens with one attached hydrogen (secondary N) is 1. The summed E-state index contributed by atoms with van der Waals surface area (Å²) in [4.78, 5) is 11.6. The van der Waals surface area contributed by atoms with E-state index in [1.807, 2.05) is 6.92 Å². The van der Waals surface area contributed by atoms with Gasteiger partial charge in [0.2, 0.25) is 0 Å². The first-order valence-electron chi connectivity index (χ1n) is 6.27. The summed E-state index contributed by atoms with van der Waals surface area (Å²) in [7, 11) is 2.16. The smallest absolute Gasteiger partial charge is 0.125 e. The van der Waals surface area contributed by atoms with Crippen LogP contribution in [0.5, 0.6) is 0 Å². The van der Waals surface area contributed by atoms with Crippen molar-refractivity contribution >= 4 is 11.5 Å². The van der Waals surface area contributed by atoms with Gasteiger partial charge in [0, 0.05) is 16.8 Å². The lowest BCUT2D eigenvalue weighted by molar-refractivity contribution is -0.0235. The Bertz CT molecular complexity index is 392. The molecule has 17 heavy (non-hydrogen) atoms. The van der Waals surface area contributed by atoms with Crippen LogP contribution >= 0.6 is 0 Å². The Morgan fingerprint density at radius 3 is 2.35 bits per heavy atom. The van der Waals surface area contributed by atoms with E-state index in [1.165, 1.54) is 0 Å². The SMILES string of the molecule is CC1=NC2C(NC(C)(C)C(C)(C)N2C)C(C)=N1. The van der Waals surface area contributed by atoms with E-state index in [4.69, 9.17) is 0 Å². The molecule has 0 bridgehead atoms. The monoisotopic (exact) mass is 236 g/mol. The van der Waals surface area contributed by atoms with Gasteiger partial charge >= 0.3 is 0 Å². The van der Waals surface area contributed by atoms with Gasteiger partial charge in [0.25, 0.3) is 0 Å². The lowest BCUT2D eigenvalue weighted by Gasteiger charge is -2.58. The van der Waals surface area contributed by atoms with E-state index in [1.54, 1.807) is 0 Å². The number of fused-ring (bicyclic) bond motifs is 1. The summed E-state index contributed by atoms with van der Waals surface area (Å²) >= 11 is 0. The maximum atomic E-state index is 4.69. The lowest BCUT2D eigenvalue weighted by Crippen LogP contribution is -2.76. The molecule has 0 aromatic rings. The van der Waals surface area contributed by atoms with Crippen LogP contribution in [0, 0.1) is 0 Å². The maximum Gasteiger partial charge on any atom is 0.125 e. The summed E-state index contributed by atoms with van der Waals surface area (Å²) in [6, 6.07) is 0.228. The summed E-state index contributed by atoms with van der Waals surface area (Å²) in [5, 5.41) is 3.71. The number of aliphatic imine (C=N–C) groups is 2. The van der Waals surface area contributed by atoms with Crippen molar-refractivity contribution in [2.45, 2.75) is 64.8 Å². The van der Waals surface area contributed by atoms with E-state index in [0.29, 0.717) is 0 Å². The predicted octanol–water partition coefficient (Wildman–Crippen LogP) is 1.67. The largest absolute Gasteiger partial charge is 0.299 e. The molecule has 2 aliphatic heterocycles. The van der Waals surface area contributed by atoms with Gasteiger partial charge in [-0.25, -0.2) is 9.98 Å². The van der Waals surface area contributed by atoms with Crippen LogP contribution in [-0.2, 0) is 0 Å². The van der Waals surface area contributed by atoms with E-state index < -0.39 is 0 Å². The van der Waals surface area contributed by atoms with Gasteiger partial charge in [-0.3, -0.25) is 10.2 Å². The van der Waals surface area contributed by atoms with Crippen molar-refractivity contribution in [3.05, 3.63) is 0 Å². The van der Waals surface area contributed by atoms with Crippen molar-refractivity contribution in [1.29, 1.82) is 0 Å². The van der Waals surface area contributed by atoms with Crippen LogP contribution in [0.15, 0.2) is 9.98 Å². The highest BCUT2D eigenvalue weighted by molar-refractivity contribution is 6.01. The minimum Gasteiger partial charge on any atom is -0.299 e. The van der Waals surface area contributed by atoms with Crippen molar-refractivity contribution in [3.8, 4) is 0 Å². The second-order valence-electron chi connectivity index (χ2n) is 6.26. The first-order chi connectivity index (χ1) is 7.67. The maximum absolute atomic E-state index is 4.69. The van der Waals surface area contributed by atoms with Crippen LogP contribution in [0.25, 0.3) is 0 Å². The Morgan fingerprint density at radius 2 is 1.76 bits per heavy atom. The Hall–Kier alpha value is -0.740. The van der Waals surface area contributed by atoms with Crippen LogP contribution in [0.3, 0.4) is 0 Å². The zero-order valence-corrected chi connectivity index (χ0v) is 12.0. The first kappa shape index (κ1) is 12.7. The number of amidine groups is 1. The Balaban J connectivity index is 2.42. The fourth-order valence-corrected chi connectivity index (χ4v) is 2.66. The third-order valence-corrected chi connectivity index (χ3v) is 4.73. The molecule has 1 fully saturated rings. The molecule has 4 heteroatoms. The zero-order valence-electron chi connectivity index (χ0n) is 12.0. The highest BCUT2D eigenvalue weighted by Gasteiger charge is 2.51. The van der Waals surface area contributed by atoms with E-state index in [-0.39, 0.29) is 23.3 Å². The molecule has 0 radical (unpaired) electrons. The quantitative estimate of drug-likeness (QED) is 0.695. The van der Waals surface area contributed by atoms with Gasteiger partial charge in [0.1, 0.15) is 12.0 Å². The van der Waals surface area contributed by atoms with E-state index in [0.717, 1.165) is 11.5 Å². The Morgan fingerprint density at radius 1 is 1.18 bits per heavy atom. The summed E-state index contributed by atoms with van der Waals surface area (Å²) in [5.41, 5.74) is 1.22. The van der Waals surface area contributed by atoms with Crippen LogP contribution in [0.2, 0.25) is 0 Å². The standard InChI is InChI=1S/C13H24N4/c1-8-10-11(15-9(2)14-8)17(7)13(5,6)12(3,4)16-10/h10-11,16H,1-7H3. The fourth-order valence-electron chi connectivity index (χ4n) is 2.66. The van der Waals surface area contributed by atoms with Crippen molar-refractivity contribution in [1.82, 2.24) is 10.2 Å². The van der Waals surface area contributed by atoms with Gasteiger partial charge < -0.3 is 0 Å². The molecule has 0 aromatic carbocycles. The third-order valence-electron chi connectivity index (χ3n) is 4.73. The van der Waals surface area contributed by atoms with Crippen molar-refractivity contribution < 1.29 is 0 Å². The van der Waals surface area contributed by atoms with Gasteiger partial charge in [-0.15, -0.1) is 0 Å². The summed E-state index contributed by atoms with van der Waals surface area (Å²) in [5.74, 6) is 0.882. The summed E-state index contributed by atoms with van der Waals surface area (Å²) in [6.07, 6.45) is 0.163. The van der Waals surface area contributed by atoms with Gasteiger partial charge in [-0.05, 0) is 48.6 Å². The van der Waals surface area contributed by atoms with E-state index in [9.17, 15) is 0 Å². The summed E-state index contributed by atoms with van der Waals surface area (Å²) < 4.78 is 0. The van der Waals surface area contributed by atoms with Crippen molar-refractivity contribution in [3.63, 3.8) is 0 Å². The molecule has 1 saturated heterocycles. The van der Waals surface area contributed by atoms with Gasteiger partial charge in [0.15, 0.2) is 0 Å². The average Bonchev–Trinajstić information content (AvgIpc) is 2.18. The summed E-state index contributed by atoms with van der Waals surface area (Å²) in [6.45, 7) is 13.1. The molecule has 2 rings (SSSR count). The molecule has 2 heterocycles. The number of hydrogen-bond donors (Lipinski definition) is 1. The molecule has 0 spiro atoms. The molecule has 0 amide bonds. The number of piperazine rings is 1. The van der Waals surface area contributed by atoms with E-state index >= 15 is 0 Å². The molecule has 0 aromatic heterocycles. The lowest BCUT2D eigenvalue weighted by atomic mass is 9.76. The predicted molar refractivity (Wildman–Crippen MR) is 72.9 cm³/mol. The number of nitrogens with zero attached hydrogens (tertiary/aromatic N) is 3. The van der Waals surface area contributed by atoms with Crippen LogP contribution in [-0.4, -0.2) is 46.8 Å². The number of rotatable bonds is 0. The minimum absolute atomic E-state index is 0.0282. The molecule has 0 aliphatic carbocycles. The highest BCUT2D eigenvalue weighted by Crippen LogP contribution is 2.35. The molecular formula is C13H24N4. The molecule has 0 saturated carbocycles. The fraction of sp³-hybridized carbons (Fsp3) is 0.846. The van der Waals surface area contributed by atoms with Gasteiger partial charge in [-0.2, -0.15) is 0 Å². The topological polar surface area (TPSA) is 40.0 Å². The Labute approximate surface area is 104 Å². The third kappa shape index (κ3) is 1.74. The highest BCUT2D eigenvalue weighted by atomic mass is 15.4. The molecule has 1 N–H and O–H groups in total. The molecule has 2 atom stereocenters.